The number of hydrogen-bond donors (Lipinski definition) is 3. The monoisotopic (exact) mass is 313 g/mol. The second-order valence-electron chi connectivity index (χ2n) is 4.52. The molecular formula is C12H16BrN3O2. The Morgan fingerprint density at radius 2 is 2.22 bits per heavy atom. The quantitative estimate of drug-likeness (QED) is 0.771. The van der Waals surface area contributed by atoms with Crippen molar-refractivity contribution in [3.8, 4) is 0 Å². The Morgan fingerprint density at radius 1 is 1.50 bits per heavy atom. The lowest BCUT2D eigenvalue weighted by Gasteiger charge is -2.28. The van der Waals surface area contributed by atoms with Crippen LogP contribution in [0.15, 0.2) is 16.7 Å². The standard InChI is InChI=1S/C12H16BrN3O2/c13-7-5-8(11(14)15-6-7)12(18)16-9-3-1-2-4-10(9)17/h5-6,9-10,17H,1-4H2,(H2,14,15)(H,16,18). The van der Waals surface area contributed by atoms with Crippen LogP contribution in [0.5, 0.6) is 0 Å². The molecule has 0 aliphatic heterocycles. The zero-order chi connectivity index (χ0) is 13.1. The second-order valence-corrected chi connectivity index (χ2v) is 5.43. The van der Waals surface area contributed by atoms with E-state index in [0.717, 1.165) is 25.7 Å². The maximum absolute atomic E-state index is 12.1. The molecule has 4 N–H and O–H groups in total. The van der Waals surface area contributed by atoms with Crippen LogP contribution >= 0.6 is 15.9 Å². The third-order valence-corrected chi connectivity index (χ3v) is 3.61. The van der Waals surface area contributed by atoms with Crippen LogP contribution in [0.25, 0.3) is 0 Å². The third-order valence-electron chi connectivity index (χ3n) is 3.18. The Bertz CT molecular complexity index is 453. The van der Waals surface area contributed by atoms with Crippen molar-refractivity contribution >= 4 is 27.7 Å². The van der Waals surface area contributed by atoms with Gasteiger partial charge in [-0.3, -0.25) is 4.79 Å². The number of aliphatic hydroxyl groups is 1. The number of rotatable bonds is 2. The second kappa shape index (κ2) is 5.67. The number of carbonyl (C=O) groups is 1. The number of aliphatic hydroxyl groups excluding tert-OH is 1. The number of nitrogens with zero attached hydrogens (tertiary/aromatic N) is 1. The molecule has 1 heterocycles. The van der Waals surface area contributed by atoms with Gasteiger partial charge < -0.3 is 16.2 Å². The lowest BCUT2D eigenvalue weighted by molar-refractivity contribution is 0.0717. The van der Waals surface area contributed by atoms with Crippen LogP contribution in [-0.2, 0) is 0 Å². The van der Waals surface area contributed by atoms with E-state index in [-0.39, 0.29) is 17.8 Å². The Labute approximate surface area is 114 Å². The highest BCUT2D eigenvalue weighted by atomic mass is 79.9. The van der Waals surface area contributed by atoms with Gasteiger partial charge in [0.25, 0.3) is 5.91 Å². The molecule has 1 saturated carbocycles. The number of halogens is 1. The van der Waals surface area contributed by atoms with Gasteiger partial charge in [-0.25, -0.2) is 4.98 Å². The maximum Gasteiger partial charge on any atom is 0.255 e. The van der Waals surface area contributed by atoms with E-state index >= 15 is 0 Å². The van der Waals surface area contributed by atoms with Gasteiger partial charge in [-0.1, -0.05) is 12.8 Å². The van der Waals surface area contributed by atoms with Gasteiger partial charge in [0.05, 0.1) is 17.7 Å². The van der Waals surface area contributed by atoms with Gasteiger partial charge in [-0.15, -0.1) is 0 Å². The molecule has 2 rings (SSSR count). The Morgan fingerprint density at radius 3 is 2.94 bits per heavy atom. The first-order valence-electron chi connectivity index (χ1n) is 5.98. The zero-order valence-electron chi connectivity index (χ0n) is 9.90. The number of hydrogen-bond acceptors (Lipinski definition) is 4. The Hall–Kier alpha value is -1.14. The molecule has 0 radical (unpaired) electrons. The number of pyridine rings is 1. The zero-order valence-corrected chi connectivity index (χ0v) is 11.5. The molecule has 1 aromatic heterocycles. The van der Waals surface area contributed by atoms with E-state index in [1.165, 1.54) is 0 Å². The van der Waals surface area contributed by atoms with Crippen LogP contribution in [0, 0.1) is 0 Å². The van der Waals surface area contributed by atoms with Crippen molar-refractivity contribution in [1.82, 2.24) is 10.3 Å². The van der Waals surface area contributed by atoms with Crippen molar-refractivity contribution < 1.29 is 9.90 Å². The van der Waals surface area contributed by atoms with Gasteiger partial charge in [-0.05, 0) is 34.8 Å². The highest BCUT2D eigenvalue weighted by molar-refractivity contribution is 9.10. The van der Waals surface area contributed by atoms with E-state index in [2.05, 4.69) is 26.2 Å². The van der Waals surface area contributed by atoms with Gasteiger partial charge in [0.15, 0.2) is 0 Å². The predicted octanol–water partition coefficient (Wildman–Crippen LogP) is 1.46. The van der Waals surface area contributed by atoms with Crippen molar-refractivity contribution in [2.45, 2.75) is 37.8 Å². The summed E-state index contributed by atoms with van der Waals surface area (Å²) in [5.41, 5.74) is 6.01. The molecule has 2 unspecified atom stereocenters. The fourth-order valence-electron chi connectivity index (χ4n) is 2.16. The summed E-state index contributed by atoms with van der Waals surface area (Å²) in [4.78, 5) is 16.0. The van der Waals surface area contributed by atoms with E-state index in [0.29, 0.717) is 10.0 Å². The molecule has 5 nitrogen and oxygen atoms in total. The van der Waals surface area contributed by atoms with Crippen LogP contribution in [-0.4, -0.2) is 28.1 Å². The summed E-state index contributed by atoms with van der Waals surface area (Å²) in [6.07, 6.45) is 4.64. The first-order chi connectivity index (χ1) is 8.58. The van der Waals surface area contributed by atoms with E-state index in [4.69, 9.17) is 5.73 Å². The minimum Gasteiger partial charge on any atom is -0.391 e. The number of amides is 1. The van der Waals surface area contributed by atoms with Crippen LogP contribution < -0.4 is 11.1 Å². The number of anilines is 1. The number of nitrogens with two attached hydrogens (primary N) is 1. The SMILES string of the molecule is Nc1ncc(Br)cc1C(=O)NC1CCCCC1O. The molecule has 98 valence electrons. The average Bonchev–Trinajstić information content (AvgIpc) is 2.35. The van der Waals surface area contributed by atoms with E-state index < -0.39 is 6.10 Å². The van der Waals surface area contributed by atoms with E-state index in [1.807, 2.05) is 0 Å². The van der Waals surface area contributed by atoms with Crippen LogP contribution in [0.2, 0.25) is 0 Å². The smallest absolute Gasteiger partial charge is 0.255 e. The largest absolute Gasteiger partial charge is 0.391 e. The van der Waals surface area contributed by atoms with Gasteiger partial charge >= 0.3 is 0 Å². The normalized spacial score (nSPS) is 23.7. The molecule has 1 aliphatic rings. The first-order valence-corrected chi connectivity index (χ1v) is 6.77. The number of nitrogen functional groups attached to an aromatic ring is 1. The van der Waals surface area contributed by atoms with Gasteiger partial charge in [-0.2, -0.15) is 0 Å². The van der Waals surface area contributed by atoms with Crippen LogP contribution in [0.1, 0.15) is 36.0 Å². The fourth-order valence-corrected chi connectivity index (χ4v) is 2.49. The molecule has 2 atom stereocenters. The minimum absolute atomic E-state index is 0.190. The van der Waals surface area contributed by atoms with Crippen molar-refractivity contribution in [2.24, 2.45) is 0 Å². The first kappa shape index (κ1) is 13.3. The molecule has 6 heteroatoms. The molecular weight excluding hydrogens is 298 g/mol. The molecule has 0 bridgehead atoms. The highest BCUT2D eigenvalue weighted by Gasteiger charge is 2.25. The topological polar surface area (TPSA) is 88.2 Å². The molecule has 1 aliphatic carbocycles. The summed E-state index contributed by atoms with van der Waals surface area (Å²) in [7, 11) is 0. The molecule has 0 saturated heterocycles. The highest BCUT2D eigenvalue weighted by Crippen LogP contribution is 2.20. The Balaban J connectivity index is 2.09. The van der Waals surface area contributed by atoms with Crippen molar-refractivity contribution in [3.05, 3.63) is 22.3 Å². The van der Waals surface area contributed by atoms with Crippen molar-refractivity contribution in [3.63, 3.8) is 0 Å². The molecule has 1 fully saturated rings. The molecule has 1 amide bonds. The summed E-state index contributed by atoms with van der Waals surface area (Å²) in [6, 6.07) is 1.44. The van der Waals surface area contributed by atoms with E-state index in [9.17, 15) is 9.90 Å². The minimum atomic E-state index is -0.468. The maximum atomic E-state index is 12.1. The number of aromatic nitrogens is 1. The van der Waals surface area contributed by atoms with Gasteiger partial charge in [0.2, 0.25) is 0 Å². The lowest BCUT2D eigenvalue weighted by Crippen LogP contribution is -2.45. The van der Waals surface area contributed by atoms with Gasteiger partial charge in [0, 0.05) is 10.7 Å². The van der Waals surface area contributed by atoms with Crippen molar-refractivity contribution in [1.29, 1.82) is 0 Å². The summed E-state index contributed by atoms with van der Waals surface area (Å²) in [5.74, 6) is -0.0896. The van der Waals surface area contributed by atoms with Crippen LogP contribution in [0.3, 0.4) is 0 Å². The summed E-state index contributed by atoms with van der Waals surface area (Å²) >= 11 is 3.25. The van der Waals surface area contributed by atoms with Crippen LogP contribution in [0.4, 0.5) is 5.82 Å². The lowest BCUT2D eigenvalue weighted by atomic mass is 9.92. The number of carbonyl (C=O) groups excluding carboxylic acids is 1. The summed E-state index contributed by atoms with van der Waals surface area (Å²) < 4.78 is 0.700. The Kier molecular flexibility index (Phi) is 4.19. The molecule has 18 heavy (non-hydrogen) atoms. The fraction of sp³-hybridized carbons (Fsp3) is 0.500. The molecule has 1 aromatic rings. The third kappa shape index (κ3) is 3.00. The van der Waals surface area contributed by atoms with Crippen molar-refractivity contribution in [2.75, 3.05) is 5.73 Å². The van der Waals surface area contributed by atoms with Gasteiger partial charge in [0.1, 0.15) is 5.82 Å². The average molecular weight is 314 g/mol. The molecule has 0 aromatic carbocycles. The predicted molar refractivity (Wildman–Crippen MR) is 72.1 cm³/mol. The summed E-state index contributed by atoms with van der Waals surface area (Å²) in [5, 5.41) is 12.6. The number of nitrogens with one attached hydrogen (secondary N) is 1. The summed E-state index contributed by atoms with van der Waals surface area (Å²) in [6.45, 7) is 0. The van der Waals surface area contributed by atoms with E-state index in [1.54, 1.807) is 12.3 Å². The molecule has 0 spiro atoms.